The molecule has 0 saturated heterocycles. The number of aromatic nitrogens is 2. The number of unbranched alkanes of at least 4 members (excludes halogenated alkanes) is 3. The lowest BCUT2D eigenvalue weighted by molar-refractivity contribution is -0.139. The number of phenols is 1. The highest BCUT2D eigenvalue weighted by atomic mass is 35.5. The molecule has 2 aromatic carbocycles. The van der Waals surface area contributed by atoms with Crippen LogP contribution >= 0.6 is 12.4 Å². The van der Waals surface area contributed by atoms with Crippen molar-refractivity contribution in [1.29, 1.82) is 0 Å². The van der Waals surface area contributed by atoms with Gasteiger partial charge in [-0.2, -0.15) is 4.98 Å². The minimum atomic E-state index is -1.05. The number of nitrogens with two attached hydrogens (primary N) is 1. The van der Waals surface area contributed by atoms with Gasteiger partial charge in [-0.05, 0) is 61.7 Å². The van der Waals surface area contributed by atoms with E-state index in [0.29, 0.717) is 18.2 Å². The molecule has 1 aromatic heterocycles. The summed E-state index contributed by atoms with van der Waals surface area (Å²) in [6.45, 7) is 2.13. The number of halogens is 1. The molecule has 0 fully saturated rings. The van der Waals surface area contributed by atoms with Crippen molar-refractivity contribution in [3.05, 3.63) is 47.7 Å². The first-order valence-electron chi connectivity index (χ1n) is 10.1. The number of aliphatic carboxylic acids is 1. The van der Waals surface area contributed by atoms with Crippen LogP contribution in [0.1, 0.15) is 36.9 Å². The number of ether oxygens (including phenoxy) is 1. The third kappa shape index (κ3) is 6.54. The summed E-state index contributed by atoms with van der Waals surface area (Å²) in [6, 6.07) is 10.9. The summed E-state index contributed by atoms with van der Waals surface area (Å²) in [6.07, 6.45) is 4.76. The van der Waals surface area contributed by atoms with E-state index >= 15 is 0 Å². The molecule has 0 amide bonds. The van der Waals surface area contributed by atoms with Gasteiger partial charge in [-0.15, -0.1) is 12.4 Å². The average Bonchev–Trinajstić information content (AvgIpc) is 2.72. The number of carbonyl (C=O) groups is 1. The van der Waals surface area contributed by atoms with Gasteiger partial charge in [0.25, 0.3) is 0 Å². The van der Waals surface area contributed by atoms with E-state index in [1.54, 1.807) is 12.1 Å². The minimum Gasteiger partial charge on any atom is -0.508 e. The van der Waals surface area contributed by atoms with Crippen molar-refractivity contribution in [2.75, 3.05) is 13.2 Å². The summed E-state index contributed by atoms with van der Waals surface area (Å²) in [5.74, 6) is -0.0333. The molecule has 1 heterocycles. The van der Waals surface area contributed by atoms with Crippen LogP contribution in [0, 0.1) is 6.92 Å². The summed E-state index contributed by atoms with van der Waals surface area (Å²) in [7, 11) is 0. The van der Waals surface area contributed by atoms with Gasteiger partial charge in [0.15, 0.2) is 12.4 Å². The first kappa shape index (κ1) is 24.4. The first-order valence-corrected chi connectivity index (χ1v) is 10.1. The molecule has 0 unspecified atom stereocenters. The van der Waals surface area contributed by atoms with Crippen molar-refractivity contribution >= 4 is 29.1 Å². The van der Waals surface area contributed by atoms with E-state index in [2.05, 4.69) is 9.97 Å². The largest absolute Gasteiger partial charge is 0.508 e. The van der Waals surface area contributed by atoms with Crippen molar-refractivity contribution in [3.63, 3.8) is 0 Å². The van der Waals surface area contributed by atoms with Crippen LogP contribution in [0.3, 0.4) is 0 Å². The molecule has 3 aromatic rings. The Morgan fingerprint density at radius 1 is 1.03 bits per heavy atom. The number of aromatic hydroxyl groups is 1. The average molecular weight is 446 g/mol. The number of hydrogen-bond acceptors (Lipinski definition) is 6. The van der Waals surface area contributed by atoms with Crippen LogP contribution in [-0.4, -0.2) is 39.3 Å². The van der Waals surface area contributed by atoms with E-state index in [1.165, 1.54) is 0 Å². The maximum atomic E-state index is 11.0. The zero-order chi connectivity index (χ0) is 21.5. The monoisotopic (exact) mass is 445 g/mol. The Balaban J connectivity index is 0.00000341. The van der Waals surface area contributed by atoms with E-state index in [0.717, 1.165) is 59.7 Å². The number of nitrogens with zero attached hydrogens (tertiary/aromatic N) is 2. The molecule has 4 N–H and O–H groups in total. The van der Waals surface area contributed by atoms with Gasteiger partial charge in [-0.25, -0.2) is 9.78 Å². The zero-order valence-electron chi connectivity index (χ0n) is 17.5. The molecule has 0 radical (unpaired) electrons. The van der Waals surface area contributed by atoms with Crippen LogP contribution in [-0.2, 0) is 11.2 Å². The number of carboxylic acid groups (broad SMARTS) is 1. The Morgan fingerprint density at radius 3 is 2.48 bits per heavy atom. The molecule has 0 bridgehead atoms. The number of rotatable bonds is 10. The number of fused-ring (bicyclic) bond motifs is 1. The van der Waals surface area contributed by atoms with Crippen molar-refractivity contribution in [2.45, 2.75) is 39.0 Å². The lowest BCUT2D eigenvalue weighted by atomic mass is 10.0. The van der Waals surface area contributed by atoms with E-state index in [4.69, 9.17) is 15.6 Å². The van der Waals surface area contributed by atoms with Crippen LogP contribution in [0.4, 0.5) is 0 Å². The first-order chi connectivity index (χ1) is 14.5. The second-order valence-electron chi connectivity index (χ2n) is 7.30. The maximum Gasteiger partial charge on any atom is 0.341 e. The molecule has 7 nitrogen and oxygen atoms in total. The van der Waals surface area contributed by atoms with Crippen LogP contribution < -0.4 is 10.5 Å². The standard InChI is InChI=1S/C23H27N3O4.ClH/c1-15-20(6-4-2-3-5-11-24)23(30-14-21(28)29)26-22(25-15)18-8-7-17-13-19(27)10-9-16(17)12-18;/h7-10,12-13,27H,2-6,11,14,24H2,1H3,(H,28,29);1H. The Labute approximate surface area is 187 Å². The molecular weight excluding hydrogens is 418 g/mol. The smallest absolute Gasteiger partial charge is 0.341 e. The number of carboxylic acids is 1. The van der Waals surface area contributed by atoms with E-state index in [1.807, 2.05) is 31.2 Å². The highest BCUT2D eigenvalue weighted by Crippen LogP contribution is 2.29. The lowest BCUT2D eigenvalue weighted by Crippen LogP contribution is -2.13. The summed E-state index contributed by atoms with van der Waals surface area (Å²) < 4.78 is 5.52. The Morgan fingerprint density at radius 2 is 1.74 bits per heavy atom. The van der Waals surface area contributed by atoms with Crippen molar-refractivity contribution in [2.24, 2.45) is 5.73 Å². The van der Waals surface area contributed by atoms with Gasteiger partial charge in [-0.1, -0.05) is 31.0 Å². The predicted octanol–water partition coefficient (Wildman–Crippen LogP) is 4.26. The normalized spacial score (nSPS) is 10.6. The topological polar surface area (TPSA) is 119 Å². The molecule has 0 saturated carbocycles. The molecule has 31 heavy (non-hydrogen) atoms. The maximum absolute atomic E-state index is 11.0. The number of hydrogen-bond donors (Lipinski definition) is 3. The quantitative estimate of drug-likeness (QED) is 0.399. The second-order valence-corrected chi connectivity index (χ2v) is 7.30. The minimum absolute atomic E-state index is 0. The third-order valence-electron chi connectivity index (χ3n) is 4.97. The fraction of sp³-hybridized carbons (Fsp3) is 0.348. The van der Waals surface area contributed by atoms with Gasteiger partial charge in [0.05, 0.1) is 0 Å². The third-order valence-corrected chi connectivity index (χ3v) is 4.97. The summed E-state index contributed by atoms with van der Waals surface area (Å²) >= 11 is 0. The van der Waals surface area contributed by atoms with E-state index < -0.39 is 12.6 Å². The molecule has 166 valence electrons. The molecule has 0 aliphatic carbocycles. The van der Waals surface area contributed by atoms with Crippen molar-refractivity contribution in [1.82, 2.24) is 9.97 Å². The van der Waals surface area contributed by atoms with E-state index in [-0.39, 0.29) is 18.2 Å². The van der Waals surface area contributed by atoms with Gasteiger partial charge in [-0.3, -0.25) is 0 Å². The van der Waals surface area contributed by atoms with Crippen LogP contribution in [0.2, 0.25) is 0 Å². The fourth-order valence-corrected chi connectivity index (χ4v) is 3.41. The fourth-order valence-electron chi connectivity index (χ4n) is 3.41. The number of aryl methyl sites for hydroxylation is 1. The summed E-state index contributed by atoms with van der Waals surface area (Å²) in [5.41, 5.74) is 7.97. The van der Waals surface area contributed by atoms with Crippen molar-refractivity contribution in [3.8, 4) is 23.0 Å². The second kappa shape index (κ2) is 11.5. The molecular formula is C23H28ClN3O4. The molecule has 0 aliphatic rings. The Bertz CT molecular complexity index is 1040. The van der Waals surface area contributed by atoms with Crippen LogP contribution in [0.25, 0.3) is 22.2 Å². The van der Waals surface area contributed by atoms with Crippen LogP contribution in [0.15, 0.2) is 36.4 Å². The SMILES string of the molecule is Cc1nc(-c2ccc3cc(O)ccc3c2)nc(OCC(=O)O)c1CCCCCCN.Cl. The van der Waals surface area contributed by atoms with Gasteiger partial charge in [0.2, 0.25) is 5.88 Å². The Hall–Kier alpha value is -2.90. The van der Waals surface area contributed by atoms with Gasteiger partial charge in [0.1, 0.15) is 5.75 Å². The Kier molecular flexibility index (Phi) is 9.03. The number of phenolic OH excluding ortho intramolecular Hbond substituents is 1. The molecule has 0 atom stereocenters. The zero-order valence-corrected chi connectivity index (χ0v) is 18.3. The lowest BCUT2D eigenvalue weighted by Gasteiger charge is -2.14. The van der Waals surface area contributed by atoms with Crippen LogP contribution in [0.5, 0.6) is 11.6 Å². The molecule has 8 heteroatoms. The van der Waals surface area contributed by atoms with Crippen molar-refractivity contribution < 1.29 is 19.7 Å². The van der Waals surface area contributed by atoms with Gasteiger partial charge in [0, 0.05) is 16.8 Å². The summed E-state index contributed by atoms with van der Waals surface area (Å²) in [4.78, 5) is 20.2. The highest BCUT2D eigenvalue weighted by molar-refractivity contribution is 5.87. The van der Waals surface area contributed by atoms with Gasteiger partial charge >= 0.3 is 5.97 Å². The predicted molar refractivity (Wildman–Crippen MR) is 123 cm³/mol. The molecule has 3 rings (SSSR count). The highest BCUT2D eigenvalue weighted by Gasteiger charge is 2.15. The summed E-state index contributed by atoms with van der Waals surface area (Å²) in [5, 5.41) is 20.5. The van der Waals surface area contributed by atoms with Gasteiger partial charge < -0.3 is 20.7 Å². The molecule has 0 spiro atoms. The molecule has 0 aliphatic heterocycles. The van der Waals surface area contributed by atoms with E-state index in [9.17, 15) is 9.90 Å². The number of benzene rings is 2.